The van der Waals surface area contributed by atoms with E-state index in [1.54, 1.807) is 6.33 Å². The molecule has 6 nitrogen and oxygen atoms in total. The SMILES string of the molecule is Cc1ccccc1-c1nc2c(N[C@H]3C[C@@H](O)[C@@H](C)C3)ncnc2[nH]1. The highest BCUT2D eigenvalue weighted by Gasteiger charge is 2.30. The van der Waals surface area contributed by atoms with E-state index in [2.05, 4.69) is 40.2 Å². The average Bonchev–Trinajstić information content (AvgIpc) is 3.12. The monoisotopic (exact) mass is 323 g/mol. The number of imidazole rings is 1. The molecule has 1 aromatic carbocycles. The molecule has 4 rings (SSSR count). The lowest BCUT2D eigenvalue weighted by Crippen LogP contribution is -2.17. The topological polar surface area (TPSA) is 86.7 Å². The van der Waals surface area contributed by atoms with Crippen LogP contribution in [0.2, 0.25) is 0 Å². The second-order valence-electron chi connectivity index (χ2n) is 6.68. The minimum atomic E-state index is -0.249. The summed E-state index contributed by atoms with van der Waals surface area (Å²) in [6.07, 6.45) is 2.96. The third kappa shape index (κ3) is 2.63. The van der Waals surface area contributed by atoms with Crippen LogP contribution in [0.25, 0.3) is 22.6 Å². The summed E-state index contributed by atoms with van der Waals surface area (Å²) in [5.74, 6) is 1.83. The Morgan fingerprint density at radius 2 is 2.04 bits per heavy atom. The molecule has 0 aliphatic heterocycles. The van der Waals surface area contributed by atoms with Crippen LogP contribution < -0.4 is 5.32 Å². The number of anilines is 1. The molecule has 2 heterocycles. The molecule has 24 heavy (non-hydrogen) atoms. The molecule has 1 fully saturated rings. The number of benzene rings is 1. The van der Waals surface area contributed by atoms with Crippen LogP contribution in [0.15, 0.2) is 30.6 Å². The zero-order valence-corrected chi connectivity index (χ0v) is 13.8. The van der Waals surface area contributed by atoms with E-state index in [1.165, 1.54) is 0 Å². The van der Waals surface area contributed by atoms with Crippen molar-refractivity contribution >= 4 is 17.0 Å². The molecular weight excluding hydrogens is 302 g/mol. The first-order chi connectivity index (χ1) is 11.6. The number of aryl methyl sites for hydroxylation is 1. The number of hydrogen-bond donors (Lipinski definition) is 3. The van der Waals surface area contributed by atoms with Crippen LogP contribution in [0, 0.1) is 12.8 Å². The third-order valence-electron chi connectivity index (χ3n) is 4.86. The number of aliphatic hydroxyl groups excluding tert-OH is 1. The van der Waals surface area contributed by atoms with Gasteiger partial charge in [0, 0.05) is 11.6 Å². The molecule has 3 atom stereocenters. The molecule has 1 aliphatic carbocycles. The number of aliphatic hydroxyl groups is 1. The van der Waals surface area contributed by atoms with Gasteiger partial charge in [0.05, 0.1) is 6.10 Å². The fraction of sp³-hybridized carbons (Fsp3) is 0.389. The number of H-pyrrole nitrogens is 1. The van der Waals surface area contributed by atoms with Crippen LogP contribution >= 0.6 is 0 Å². The Morgan fingerprint density at radius 3 is 2.79 bits per heavy atom. The van der Waals surface area contributed by atoms with Crippen molar-refractivity contribution in [2.75, 3.05) is 5.32 Å². The molecule has 0 amide bonds. The molecular formula is C18H21N5O. The Hall–Kier alpha value is -2.47. The molecule has 0 radical (unpaired) electrons. The Labute approximate surface area is 140 Å². The minimum absolute atomic E-state index is 0.215. The molecule has 124 valence electrons. The molecule has 1 saturated carbocycles. The van der Waals surface area contributed by atoms with Crippen molar-refractivity contribution in [3.05, 3.63) is 36.2 Å². The van der Waals surface area contributed by atoms with Crippen LogP contribution in [-0.2, 0) is 0 Å². The van der Waals surface area contributed by atoms with E-state index in [0.29, 0.717) is 5.92 Å². The van der Waals surface area contributed by atoms with Gasteiger partial charge in [0.15, 0.2) is 17.0 Å². The summed E-state index contributed by atoms with van der Waals surface area (Å²) in [6, 6.07) is 8.34. The number of nitrogens with one attached hydrogen (secondary N) is 2. The van der Waals surface area contributed by atoms with Crippen molar-refractivity contribution in [1.29, 1.82) is 0 Å². The quantitative estimate of drug-likeness (QED) is 0.690. The second kappa shape index (κ2) is 5.87. The molecule has 3 aromatic rings. The van der Waals surface area contributed by atoms with Gasteiger partial charge in [0.1, 0.15) is 12.2 Å². The maximum atomic E-state index is 9.95. The smallest absolute Gasteiger partial charge is 0.163 e. The van der Waals surface area contributed by atoms with Crippen molar-refractivity contribution in [2.45, 2.75) is 38.8 Å². The zero-order chi connectivity index (χ0) is 16.7. The standard InChI is InChI=1S/C18H21N5O/c1-10-5-3-4-6-13(10)16-22-15-17(19-9-20-18(15)23-16)21-12-7-11(2)14(24)8-12/h3-6,9,11-12,14,24H,7-8H2,1-2H3,(H2,19,20,21,22,23)/t11-,12+,14+/m0/s1. The second-order valence-corrected chi connectivity index (χ2v) is 6.68. The van der Waals surface area contributed by atoms with Crippen molar-refractivity contribution in [2.24, 2.45) is 5.92 Å². The largest absolute Gasteiger partial charge is 0.393 e. The number of hydrogen-bond acceptors (Lipinski definition) is 5. The van der Waals surface area contributed by atoms with Gasteiger partial charge in [-0.1, -0.05) is 31.2 Å². The summed E-state index contributed by atoms with van der Waals surface area (Å²) in [4.78, 5) is 16.7. The van der Waals surface area contributed by atoms with E-state index in [0.717, 1.165) is 46.8 Å². The summed E-state index contributed by atoms with van der Waals surface area (Å²) in [7, 11) is 0. The van der Waals surface area contributed by atoms with Crippen molar-refractivity contribution in [1.82, 2.24) is 19.9 Å². The van der Waals surface area contributed by atoms with E-state index in [4.69, 9.17) is 4.98 Å². The number of nitrogens with zero attached hydrogens (tertiary/aromatic N) is 3. The van der Waals surface area contributed by atoms with Crippen LogP contribution in [0.5, 0.6) is 0 Å². The Kier molecular flexibility index (Phi) is 3.69. The lowest BCUT2D eigenvalue weighted by molar-refractivity contribution is 0.141. The third-order valence-corrected chi connectivity index (χ3v) is 4.86. The number of rotatable bonds is 3. The number of aromatic amines is 1. The van der Waals surface area contributed by atoms with E-state index in [-0.39, 0.29) is 12.1 Å². The molecule has 0 saturated heterocycles. The summed E-state index contributed by atoms with van der Waals surface area (Å²) < 4.78 is 0. The molecule has 3 N–H and O–H groups in total. The normalized spacial score (nSPS) is 23.7. The van der Waals surface area contributed by atoms with Crippen LogP contribution in [0.4, 0.5) is 5.82 Å². The maximum absolute atomic E-state index is 9.95. The predicted molar refractivity (Wildman–Crippen MR) is 93.7 cm³/mol. The van der Waals surface area contributed by atoms with Gasteiger partial charge in [0.2, 0.25) is 0 Å². The Morgan fingerprint density at radius 1 is 1.21 bits per heavy atom. The first-order valence-corrected chi connectivity index (χ1v) is 8.33. The summed E-state index contributed by atoms with van der Waals surface area (Å²) >= 11 is 0. The molecule has 6 heteroatoms. The lowest BCUT2D eigenvalue weighted by Gasteiger charge is -2.12. The first kappa shape index (κ1) is 15.1. The Balaban J connectivity index is 1.69. The molecule has 0 unspecified atom stereocenters. The first-order valence-electron chi connectivity index (χ1n) is 8.33. The highest BCUT2D eigenvalue weighted by Crippen LogP contribution is 2.30. The predicted octanol–water partition coefficient (Wildman–Crippen LogP) is 2.90. The summed E-state index contributed by atoms with van der Waals surface area (Å²) in [5, 5.41) is 13.4. The van der Waals surface area contributed by atoms with Crippen LogP contribution in [-0.4, -0.2) is 37.2 Å². The fourth-order valence-corrected chi connectivity index (χ4v) is 3.44. The van der Waals surface area contributed by atoms with E-state index >= 15 is 0 Å². The van der Waals surface area contributed by atoms with Crippen LogP contribution in [0.1, 0.15) is 25.3 Å². The highest BCUT2D eigenvalue weighted by atomic mass is 16.3. The lowest BCUT2D eigenvalue weighted by atomic mass is 10.1. The van der Waals surface area contributed by atoms with E-state index in [9.17, 15) is 5.11 Å². The van der Waals surface area contributed by atoms with Crippen molar-refractivity contribution in [3.8, 4) is 11.4 Å². The molecule has 0 spiro atoms. The molecule has 0 bridgehead atoms. The number of aromatic nitrogens is 4. The van der Waals surface area contributed by atoms with Gasteiger partial charge in [0.25, 0.3) is 0 Å². The average molecular weight is 323 g/mol. The van der Waals surface area contributed by atoms with Gasteiger partial charge in [-0.05, 0) is 31.2 Å². The fourth-order valence-electron chi connectivity index (χ4n) is 3.44. The van der Waals surface area contributed by atoms with Gasteiger partial charge in [-0.25, -0.2) is 15.0 Å². The van der Waals surface area contributed by atoms with Gasteiger partial charge in [-0.3, -0.25) is 0 Å². The van der Waals surface area contributed by atoms with E-state index in [1.807, 2.05) is 18.2 Å². The molecule has 2 aromatic heterocycles. The van der Waals surface area contributed by atoms with Crippen LogP contribution in [0.3, 0.4) is 0 Å². The summed E-state index contributed by atoms with van der Waals surface area (Å²) in [5.41, 5.74) is 3.68. The van der Waals surface area contributed by atoms with Gasteiger partial charge in [-0.2, -0.15) is 0 Å². The number of fused-ring (bicyclic) bond motifs is 1. The zero-order valence-electron chi connectivity index (χ0n) is 13.8. The van der Waals surface area contributed by atoms with Gasteiger partial charge < -0.3 is 15.4 Å². The van der Waals surface area contributed by atoms with Gasteiger partial charge in [-0.15, -0.1) is 0 Å². The van der Waals surface area contributed by atoms with E-state index < -0.39 is 0 Å². The molecule has 1 aliphatic rings. The van der Waals surface area contributed by atoms with Gasteiger partial charge >= 0.3 is 0 Å². The van der Waals surface area contributed by atoms with Crippen molar-refractivity contribution in [3.63, 3.8) is 0 Å². The minimum Gasteiger partial charge on any atom is -0.393 e. The summed E-state index contributed by atoms with van der Waals surface area (Å²) in [6.45, 7) is 4.14. The Bertz CT molecular complexity index is 865. The highest BCUT2D eigenvalue weighted by molar-refractivity contribution is 5.85. The van der Waals surface area contributed by atoms with Crippen molar-refractivity contribution < 1.29 is 5.11 Å². The maximum Gasteiger partial charge on any atom is 0.163 e.